The molecular formula is C23H21N5O5S. The molecule has 1 aromatic heterocycles. The van der Waals surface area contributed by atoms with Crippen molar-refractivity contribution in [3.05, 3.63) is 53.1 Å². The maximum absolute atomic E-state index is 12.6. The first-order chi connectivity index (χ1) is 16.3. The highest BCUT2D eigenvalue weighted by molar-refractivity contribution is 7.90. The topological polar surface area (TPSA) is 149 Å². The molecule has 3 aromatic rings. The standard InChI is InChI=1S/C23H21N5O5S/c24-12-15-11-14(5-8-20(15)29)23-25-22(26-33-23)18-4-1-3-17-16(18)6-7-19(17)27-34(31,32)13-21(30)28-9-2-10-28/h1,3-5,8,11,19,27,29H,2,6-7,9-10,13H2. The number of aromatic nitrogens is 2. The normalized spacial score (nSPS) is 17.1. The van der Waals surface area contributed by atoms with Crippen LogP contribution in [0, 0.1) is 11.3 Å². The smallest absolute Gasteiger partial charge is 0.258 e. The van der Waals surface area contributed by atoms with Gasteiger partial charge in [0, 0.05) is 30.3 Å². The zero-order valence-corrected chi connectivity index (χ0v) is 18.9. The second-order valence-corrected chi connectivity index (χ2v) is 10.1. The lowest BCUT2D eigenvalue weighted by molar-refractivity contribution is -0.131. The summed E-state index contributed by atoms with van der Waals surface area (Å²) in [5, 5.41) is 22.9. The van der Waals surface area contributed by atoms with Crippen LogP contribution in [-0.2, 0) is 21.2 Å². The molecule has 34 heavy (non-hydrogen) atoms. The largest absolute Gasteiger partial charge is 0.507 e. The van der Waals surface area contributed by atoms with Crippen molar-refractivity contribution in [3.8, 4) is 34.7 Å². The fourth-order valence-corrected chi connectivity index (χ4v) is 5.54. The van der Waals surface area contributed by atoms with Gasteiger partial charge < -0.3 is 14.5 Å². The number of likely N-dealkylation sites (tertiary alicyclic amines) is 1. The van der Waals surface area contributed by atoms with Crippen molar-refractivity contribution in [1.29, 1.82) is 5.26 Å². The number of nitrogens with one attached hydrogen (secondary N) is 1. The van der Waals surface area contributed by atoms with Crippen LogP contribution >= 0.6 is 0 Å². The molecule has 174 valence electrons. The number of aromatic hydroxyl groups is 1. The lowest BCUT2D eigenvalue weighted by Crippen LogP contribution is -2.46. The Hall–Kier alpha value is -3.75. The molecule has 2 aromatic carbocycles. The maximum atomic E-state index is 12.6. The van der Waals surface area contributed by atoms with Crippen LogP contribution in [0.1, 0.15) is 35.6 Å². The first-order valence-electron chi connectivity index (χ1n) is 10.8. The third-order valence-electron chi connectivity index (χ3n) is 6.15. The number of nitriles is 1. The van der Waals surface area contributed by atoms with E-state index in [-0.39, 0.29) is 23.1 Å². The van der Waals surface area contributed by atoms with Gasteiger partial charge in [0.2, 0.25) is 21.8 Å². The number of carbonyl (C=O) groups is 1. The average Bonchev–Trinajstić information content (AvgIpc) is 3.40. The molecule has 5 rings (SSSR count). The Kier molecular flexibility index (Phi) is 5.55. The van der Waals surface area contributed by atoms with E-state index in [1.807, 2.05) is 18.2 Å². The molecule has 2 aliphatic rings. The second kappa shape index (κ2) is 8.55. The van der Waals surface area contributed by atoms with Crippen LogP contribution in [0.3, 0.4) is 0 Å². The van der Waals surface area contributed by atoms with Gasteiger partial charge in [-0.1, -0.05) is 23.4 Å². The van der Waals surface area contributed by atoms with E-state index >= 15 is 0 Å². The van der Waals surface area contributed by atoms with Crippen LogP contribution in [0.4, 0.5) is 0 Å². The summed E-state index contributed by atoms with van der Waals surface area (Å²) in [6.45, 7) is 1.22. The minimum atomic E-state index is -3.79. The van der Waals surface area contributed by atoms with Gasteiger partial charge >= 0.3 is 0 Å². The minimum absolute atomic E-state index is 0.0977. The molecule has 2 heterocycles. The highest BCUT2D eigenvalue weighted by Crippen LogP contribution is 2.38. The van der Waals surface area contributed by atoms with Gasteiger partial charge in [-0.05, 0) is 48.6 Å². The van der Waals surface area contributed by atoms with Crippen LogP contribution < -0.4 is 4.72 Å². The molecule has 1 fully saturated rings. The molecule has 1 amide bonds. The monoisotopic (exact) mass is 479 g/mol. The van der Waals surface area contributed by atoms with E-state index in [0.717, 1.165) is 23.1 Å². The predicted octanol–water partition coefficient (Wildman–Crippen LogP) is 2.12. The van der Waals surface area contributed by atoms with E-state index in [2.05, 4.69) is 14.9 Å². The van der Waals surface area contributed by atoms with Gasteiger partial charge in [-0.25, -0.2) is 13.1 Å². The molecule has 1 saturated heterocycles. The molecule has 2 N–H and O–H groups in total. The predicted molar refractivity (Wildman–Crippen MR) is 121 cm³/mol. The van der Waals surface area contributed by atoms with Crippen LogP contribution in [0.2, 0.25) is 0 Å². The number of hydrogen-bond acceptors (Lipinski definition) is 8. The van der Waals surface area contributed by atoms with Gasteiger partial charge in [-0.15, -0.1) is 0 Å². The van der Waals surface area contributed by atoms with Crippen molar-refractivity contribution < 1.29 is 22.8 Å². The Labute approximate surface area is 195 Å². The molecule has 1 atom stereocenters. The van der Waals surface area contributed by atoms with E-state index in [0.29, 0.717) is 37.3 Å². The Morgan fingerprint density at radius 3 is 2.85 bits per heavy atom. The summed E-state index contributed by atoms with van der Waals surface area (Å²) in [4.78, 5) is 18.1. The average molecular weight is 480 g/mol. The van der Waals surface area contributed by atoms with Gasteiger partial charge in [-0.2, -0.15) is 10.2 Å². The van der Waals surface area contributed by atoms with Gasteiger partial charge in [0.25, 0.3) is 5.89 Å². The van der Waals surface area contributed by atoms with Crippen molar-refractivity contribution in [2.75, 3.05) is 18.8 Å². The van der Waals surface area contributed by atoms with Gasteiger partial charge in [0.1, 0.15) is 17.6 Å². The van der Waals surface area contributed by atoms with E-state index in [1.54, 1.807) is 17.0 Å². The number of phenols is 1. The second-order valence-electron chi connectivity index (χ2n) is 8.34. The van der Waals surface area contributed by atoms with Gasteiger partial charge in [0.15, 0.2) is 0 Å². The van der Waals surface area contributed by atoms with E-state index < -0.39 is 21.8 Å². The maximum Gasteiger partial charge on any atom is 0.258 e. The first-order valence-corrected chi connectivity index (χ1v) is 12.5. The lowest BCUT2D eigenvalue weighted by atomic mass is 10.0. The number of carbonyl (C=O) groups excluding carboxylic acids is 1. The van der Waals surface area contributed by atoms with Crippen molar-refractivity contribution in [2.45, 2.75) is 25.3 Å². The van der Waals surface area contributed by atoms with E-state index in [1.165, 1.54) is 12.1 Å². The van der Waals surface area contributed by atoms with Gasteiger partial charge in [0.05, 0.1) is 5.56 Å². The summed E-state index contributed by atoms with van der Waals surface area (Å²) in [5.41, 5.74) is 3.06. The molecule has 0 saturated carbocycles. The van der Waals surface area contributed by atoms with Crippen LogP contribution in [0.15, 0.2) is 40.9 Å². The SMILES string of the molecule is N#Cc1cc(-c2nc(-c3cccc4c3CCC4NS(=O)(=O)CC(=O)N3CCC3)no2)ccc1O. The number of benzene rings is 2. The fourth-order valence-electron chi connectivity index (χ4n) is 4.27. The number of hydrogen-bond donors (Lipinski definition) is 2. The van der Waals surface area contributed by atoms with Crippen molar-refractivity contribution in [2.24, 2.45) is 0 Å². The Morgan fingerprint density at radius 1 is 1.29 bits per heavy atom. The van der Waals surface area contributed by atoms with Gasteiger partial charge in [-0.3, -0.25) is 4.79 Å². The number of phenolic OH excluding ortho intramolecular Hbond substituents is 1. The summed E-state index contributed by atoms with van der Waals surface area (Å²) in [5.74, 6) is -0.520. The molecule has 1 unspecified atom stereocenters. The summed E-state index contributed by atoms with van der Waals surface area (Å²) in [6, 6.07) is 11.4. The minimum Gasteiger partial charge on any atom is -0.507 e. The summed E-state index contributed by atoms with van der Waals surface area (Å²) >= 11 is 0. The zero-order chi connectivity index (χ0) is 23.9. The van der Waals surface area contributed by atoms with Crippen molar-refractivity contribution >= 4 is 15.9 Å². The summed E-state index contributed by atoms with van der Waals surface area (Å²) in [6.07, 6.45) is 2.07. The quantitative estimate of drug-likeness (QED) is 0.546. The van der Waals surface area contributed by atoms with Crippen LogP contribution in [-0.4, -0.2) is 53.3 Å². The first kappa shape index (κ1) is 22.1. The highest BCUT2D eigenvalue weighted by Gasteiger charge is 2.32. The molecule has 0 bridgehead atoms. The zero-order valence-electron chi connectivity index (χ0n) is 18.1. The Bertz CT molecular complexity index is 1420. The molecular weight excluding hydrogens is 458 g/mol. The van der Waals surface area contributed by atoms with Crippen molar-refractivity contribution in [1.82, 2.24) is 19.8 Å². The summed E-state index contributed by atoms with van der Waals surface area (Å²) < 4.78 is 33.3. The molecule has 1 aliphatic heterocycles. The molecule has 1 aliphatic carbocycles. The number of nitrogens with zero attached hydrogens (tertiary/aromatic N) is 4. The van der Waals surface area contributed by atoms with Crippen molar-refractivity contribution in [3.63, 3.8) is 0 Å². The Morgan fingerprint density at radius 2 is 2.12 bits per heavy atom. The highest BCUT2D eigenvalue weighted by atomic mass is 32.2. The third kappa shape index (κ3) is 4.13. The Balaban J connectivity index is 1.38. The number of rotatable bonds is 6. The molecule has 0 radical (unpaired) electrons. The molecule has 0 spiro atoms. The molecule has 10 nitrogen and oxygen atoms in total. The number of fused-ring (bicyclic) bond motifs is 1. The number of sulfonamides is 1. The lowest BCUT2D eigenvalue weighted by Gasteiger charge is -2.30. The third-order valence-corrected chi connectivity index (χ3v) is 7.42. The van der Waals surface area contributed by atoms with E-state index in [9.17, 15) is 18.3 Å². The van der Waals surface area contributed by atoms with Crippen LogP contribution in [0.25, 0.3) is 22.8 Å². The van der Waals surface area contributed by atoms with E-state index in [4.69, 9.17) is 9.78 Å². The fraction of sp³-hybridized carbons (Fsp3) is 0.304. The summed E-state index contributed by atoms with van der Waals surface area (Å²) in [7, 11) is -3.79. The molecule has 11 heteroatoms. The number of amides is 1. The van der Waals surface area contributed by atoms with Crippen LogP contribution in [0.5, 0.6) is 5.75 Å².